The average molecular weight is 458 g/mol. The second-order valence-electron chi connectivity index (χ2n) is 7.40. The third kappa shape index (κ3) is 4.07. The summed E-state index contributed by atoms with van der Waals surface area (Å²) in [5.41, 5.74) is 0.497. The molecule has 32 heavy (non-hydrogen) atoms. The van der Waals surface area contributed by atoms with Gasteiger partial charge in [0.25, 0.3) is 5.78 Å². The van der Waals surface area contributed by atoms with E-state index in [1.54, 1.807) is 4.52 Å². The fourth-order valence-electron chi connectivity index (χ4n) is 3.35. The summed E-state index contributed by atoms with van der Waals surface area (Å²) >= 11 is 1.16. The van der Waals surface area contributed by atoms with Crippen LogP contribution in [0.4, 0.5) is 18.9 Å². The van der Waals surface area contributed by atoms with Gasteiger partial charge in [0.1, 0.15) is 0 Å². The van der Waals surface area contributed by atoms with E-state index in [9.17, 15) is 18.0 Å². The molecule has 1 saturated carbocycles. The number of rotatable bonds is 6. The van der Waals surface area contributed by atoms with Gasteiger partial charge in [-0.15, -0.1) is 15.3 Å². The van der Waals surface area contributed by atoms with Gasteiger partial charge in [0.05, 0.1) is 11.3 Å². The summed E-state index contributed by atoms with van der Waals surface area (Å²) in [5.74, 6) is 1.07. The van der Waals surface area contributed by atoms with E-state index in [-0.39, 0.29) is 11.7 Å². The molecule has 7 nitrogen and oxygen atoms in total. The summed E-state index contributed by atoms with van der Waals surface area (Å²) in [7, 11) is 0. The summed E-state index contributed by atoms with van der Waals surface area (Å²) in [4.78, 5) is 12.3. The van der Waals surface area contributed by atoms with Gasteiger partial charge in [-0.1, -0.05) is 42.1 Å². The molecule has 0 radical (unpaired) electrons. The fourth-order valence-corrected chi connectivity index (χ4v) is 4.02. The standard InChI is InChI=1S/C21H17F3N6OS/c22-21(23,24)14-6-8-15(9-7-14)25-17(31)12-32-20-27-26-19-29(16-10-11-16)18(28-30(19)20)13-4-2-1-3-5-13/h1-9,16H,10-12H2,(H,25,31). The maximum atomic E-state index is 12.7. The Kier molecular flexibility index (Phi) is 5.12. The van der Waals surface area contributed by atoms with Gasteiger partial charge in [-0.3, -0.25) is 9.36 Å². The number of fused-ring (bicyclic) bond motifs is 1. The second-order valence-corrected chi connectivity index (χ2v) is 8.34. The van der Waals surface area contributed by atoms with E-state index in [0.717, 1.165) is 48.1 Å². The van der Waals surface area contributed by atoms with Crippen LogP contribution >= 0.6 is 11.8 Å². The van der Waals surface area contributed by atoms with Gasteiger partial charge in [-0.25, -0.2) is 0 Å². The van der Waals surface area contributed by atoms with Crippen molar-refractivity contribution < 1.29 is 18.0 Å². The van der Waals surface area contributed by atoms with E-state index in [1.807, 2.05) is 30.3 Å². The molecule has 1 N–H and O–H groups in total. The monoisotopic (exact) mass is 458 g/mol. The molecule has 11 heteroatoms. The van der Waals surface area contributed by atoms with E-state index in [1.165, 1.54) is 12.1 Å². The van der Waals surface area contributed by atoms with Crippen LogP contribution in [-0.4, -0.2) is 36.0 Å². The van der Waals surface area contributed by atoms with Gasteiger partial charge in [-0.05, 0) is 37.1 Å². The zero-order chi connectivity index (χ0) is 22.3. The minimum absolute atomic E-state index is 0.0127. The van der Waals surface area contributed by atoms with Gasteiger partial charge >= 0.3 is 6.18 Å². The van der Waals surface area contributed by atoms with E-state index in [4.69, 9.17) is 5.10 Å². The Morgan fingerprint density at radius 3 is 2.44 bits per heavy atom. The molecule has 5 rings (SSSR count). The number of nitrogens with one attached hydrogen (secondary N) is 1. The minimum Gasteiger partial charge on any atom is -0.325 e. The Morgan fingerprint density at radius 1 is 1.06 bits per heavy atom. The highest BCUT2D eigenvalue weighted by molar-refractivity contribution is 7.99. The van der Waals surface area contributed by atoms with Crippen LogP contribution in [0.15, 0.2) is 59.8 Å². The van der Waals surface area contributed by atoms with Crippen molar-refractivity contribution >= 4 is 29.1 Å². The molecular weight excluding hydrogens is 441 g/mol. The van der Waals surface area contributed by atoms with Crippen LogP contribution in [0.5, 0.6) is 0 Å². The first-order chi connectivity index (χ1) is 15.4. The van der Waals surface area contributed by atoms with Crippen molar-refractivity contribution in [1.82, 2.24) is 24.4 Å². The number of nitrogens with zero attached hydrogens (tertiary/aromatic N) is 5. The first kappa shape index (κ1) is 20.6. The third-order valence-corrected chi connectivity index (χ3v) is 5.93. The molecule has 0 atom stereocenters. The first-order valence-corrected chi connectivity index (χ1v) is 10.9. The number of aromatic nitrogens is 5. The Balaban J connectivity index is 1.31. The van der Waals surface area contributed by atoms with Gasteiger partial charge in [0, 0.05) is 17.3 Å². The average Bonchev–Trinajstić information content (AvgIpc) is 3.42. The zero-order valence-electron chi connectivity index (χ0n) is 16.6. The highest BCUT2D eigenvalue weighted by Crippen LogP contribution is 2.40. The molecule has 0 unspecified atom stereocenters. The number of thioether (sulfide) groups is 1. The van der Waals surface area contributed by atoms with Crippen LogP contribution in [-0.2, 0) is 11.0 Å². The van der Waals surface area contributed by atoms with Gasteiger partial charge in [0.2, 0.25) is 11.1 Å². The Hall–Kier alpha value is -3.34. The summed E-state index contributed by atoms with van der Waals surface area (Å²) in [6.07, 6.45) is -2.31. The quantitative estimate of drug-likeness (QED) is 0.425. The molecule has 1 aliphatic carbocycles. The molecule has 1 amide bonds. The van der Waals surface area contributed by atoms with E-state index in [0.29, 0.717) is 22.7 Å². The highest BCUT2D eigenvalue weighted by Gasteiger charge is 2.31. The smallest absolute Gasteiger partial charge is 0.325 e. The molecular formula is C21H17F3N6OS. The lowest BCUT2D eigenvalue weighted by atomic mass is 10.2. The van der Waals surface area contributed by atoms with Crippen LogP contribution in [0.2, 0.25) is 0 Å². The molecule has 0 saturated heterocycles. The lowest BCUT2D eigenvalue weighted by Crippen LogP contribution is -2.14. The van der Waals surface area contributed by atoms with Crippen molar-refractivity contribution in [2.45, 2.75) is 30.2 Å². The maximum absolute atomic E-state index is 12.7. The van der Waals surface area contributed by atoms with Crippen LogP contribution in [0.25, 0.3) is 17.2 Å². The lowest BCUT2D eigenvalue weighted by molar-refractivity contribution is -0.137. The fraction of sp³-hybridized carbons (Fsp3) is 0.238. The Morgan fingerprint density at radius 2 is 1.78 bits per heavy atom. The molecule has 2 heterocycles. The number of carbonyl (C=O) groups is 1. The van der Waals surface area contributed by atoms with Crippen molar-refractivity contribution in [3.05, 3.63) is 60.2 Å². The molecule has 1 aliphatic rings. The molecule has 164 valence electrons. The first-order valence-electron chi connectivity index (χ1n) is 9.89. The van der Waals surface area contributed by atoms with Crippen LogP contribution < -0.4 is 5.32 Å². The highest BCUT2D eigenvalue weighted by atomic mass is 32.2. The number of amides is 1. The van der Waals surface area contributed by atoms with Crippen molar-refractivity contribution in [3.63, 3.8) is 0 Å². The molecule has 2 aromatic carbocycles. The molecule has 0 aliphatic heterocycles. The topological polar surface area (TPSA) is 77.1 Å². The van der Waals surface area contributed by atoms with Crippen molar-refractivity contribution in [2.75, 3.05) is 11.1 Å². The summed E-state index contributed by atoms with van der Waals surface area (Å²) < 4.78 is 41.7. The molecule has 0 spiro atoms. The number of carbonyl (C=O) groups excluding carboxylic acids is 1. The summed E-state index contributed by atoms with van der Waals surface area (Å²) in [6, 6.07) is 14.5. The molecule has 4 aromatic rings. The second kappa shape index (κ2) is 7.97. The minimum atomic E-state index is -4.42. The number of halogens is 3. The van der Waals surface area contributed by atoms with Crippen molar-refractivity contribution in [3.8, 4) is 11.4 Å². The molecule has 0 bridgehead atoms. The maximum Gasteiger partial charge on any atom is 0.416 e. The molecule has 2 aromatic heterocycles. The lowest BCUT2D eigenvalue weighted by Gasteiger charge is -2.08. The van der Waals surface area contributed by atoms with Crippen molar-refractivity contribution in [1.29, 1.82) is 0 Å². The number of hydrogen-bond donors (Lipinski definition) is 1. The summed E-state index contributed by atoms with van der Waals surface area (Å²) in [5, 5.41) is 16.2. The predicted molar refractivity (Wildman–Crippen MR) is 113 cm³/mol. The number of benzene rings is 2. The van der Waals surface area contributed by atoms with Gasteiger partial charge < -0.3 is 5.32 Å². The van der Waals surface area contributed by atoms with Crippen LogP contribution in [0, 0.1) is 0 Å². The number of alkyl halides is 3. The van der Waals surface area contributed by atoms with E-state index >= 15 is 0 Å². The Labute approximate surface area is 184 Å². The van der Waals surface area contributed by atoms with Crippen molar-refractivity contribution in [2.24, 2.45) is 0 Å². The predicted octanol–water partition coefficient (Wildman–Crippen LogP) is 4.68. The van der Waals surface area contributed by atoms with E-state index in [2.05, 4.69) is 20.1 Å². The van der Waals surface area contributed by atoms with Crippen LogP contribution in [0.1, 0.15) is 24.4 Å². The normalized spacial score (nSPS) is 14.1. The number of hydrogen-bond acceptors (Lipinski definition) is 5. The van der Waals surface area contributed by atoms with Gasteiger partial charge in [-0.2, -0.15) is 17.7 Å². The molecule has 1 fully saturated rings. The van der Waals surface area contributed by atoms with E-state index < -0.39 is 11.7 Å². The van der Waals surface area contributed by atoms with Gasteiger partial charge in [0.15, 0.2) is 5.82 Å². The number of anilines is 1. The zero-order valence-corrected chi connectivity index (χ0v) is 17.4. The largest absolute Gasteiger partial charge is 0.416 e. The third-order valence-electron chi connectivity index (χ3n) is 5.01. The SMILES string of the molecule is O=C(CSc1nnc2n(C3CC3)c(-c3ccccc3)nn12)Nc1ccc(C(F)(F)F)cc1. The summed E-state index contributed by atoms with van der Waals surface area (Å²) in [6.45, 7) is 0. The Bertz CT molecular complexity index is 1260. The van der Waals surface area contributed by atoms with Crippen LogP contribution in [0.3, 0.4) is 0 Å².